The lowest BCUT2D eigenvalue weighted by atomic mass is 10.00. The number of halogens is 1. The van der Waals surface area contributed by atoms with E-state index in [-0.39, 0.29) is 0 Å². The molecule has 0 saturated heterocycles. The van der Waals surface area contributed by atoms with Gasteiger partial charge in [0.25, 0.3) is 0 Å². The van der Waals surface area contributed by atoms with Gasteiger partial charge < -0.3 is 9.15 Å². The second-order valence-corrected chi connectivity index (χ2v) is 5.58. The molecule has 110 valence electrons. The molecule has 3 rings (SSSR count). The molecule has 1 aromatic heterocycles. The molecule has 5 heteroatoms. The van der Waals surface area contributed by atoms with Crippen LogP contribution in [-0.4, -0.2) is 13.1 Å². The molecular formula is C17H11BrO4. The monoisotopic (exact) mass is 358 g/mol. The summed E-state index contributed by atoms with van der Waals surface area (Å²) in [5, 5.41) is 0.788. The summed E-state index contributed by atoms with van der Waals surface area (Å²) in [6.45, 7) is 0. The SMILES string of the molecule is COC(=O)c1cc(Br)ccc1-c1cc2ccccc2oc1=O. The van der Waals surface area contributed by atoms with Crippen molar-refractivity contribution in [3.05, 3.63) is 69.0 Å². The van der Waals surface area contributed by atoms with Crippen LogP contribution in [0.5, 0.6) is 0 Å². The van der Waals surface area contributed by atoms with Gasteiger partial charge in [-0.25, -0.2) is 9.59 Å². The van der Waals surface area contributed by atoms with Gasteiger partial charge >= 0.3 is 11.6 Å². The molecule has 22 heavy (non-hydrogen) atoms. The van der Waals surface area contributed by atoms with Crippen molar-refractivity contribution in [2.75, 3.05) is 7.11 Å². The lowest BCUT2D eigenvalue weighted by Gasteiger charge is -2.08. The first-order valence-corrected chi connectivity index (χ1v) is 7.30. The highest BCUT2D eigenvalue weighted by molar-refractivity contribution is 9.10. The van der Waals surface area contributed by atoms with Crippen LogP contribution in [0.2, 0.25) is 0 Å². The molecule has 0 atom stereocenters. The Morgan fingerprint density at radius 2 is 1.86 bits per heavy atom. The molecule has 0 radical (unpaired) electrons. The molecule has 0 amide bonds. The fourth-order valence-corrected chi connectivity index (χ4v) is 2.64. The van der Waals surface area contributed by atoms with Crippen molar-refractivity contribution < 1.29 is 13.9 Å². The zero-order valence-corrected chi connectivity index (χ0v) is 13.2. The molecule has 0 aliphatic carbocycles. The van der Waals surface area contributed by atoms with E-state index in [1.54, 1.807) is 36.4 Å². The summed E-state index contributed by atoms with van der Waals surface area (Å²) < 4.78 is 10.8. The number of hydrogen-bond acceptors (Lipinski definition) is 4. The van der Waals surface area contributed by atoms with Gasteiger partial charge in [-0.05, 0) is 24.3 Å². The second-order valence-electron chi connectivity index (χ2n) is 4.67. The lowest BCUT2D eigenvalue weighted by molar-refractivity contribution is 0.0601. The Morgan fingerprint density at radius 3 is 2.64 bits per heavy atom. The van der Waals surface area contributed by atoms with Crippen LogP contribution in [0.25, 0.3) is 22.1 Å². The molecule has 0 saturated carbocycles. The van der Waals surface area contributed by atoms with Crippen LogP contribution in [-0.2, 0) is 4.74 Å². The summed E-state index contributed by atoms with van der Waals surface area (Å²) in [6, 6.07) is 14.0. The number of rotatable bonds is 2. The van der Waals surface area contributed by atoms with Crippen molar-refractivity contribution in [2.24, 2.45) is 0 Å². The Labute approximate surface area is 134 Å². The Kier molecular flexibility index (Phi) is 3.81. The van der Waals surface area contributed by atoms with Crippen LogP contribution in [0.1, 0.15) is 10.4 Å². The highest BCUT2D eigenvalue weighted by atomic mass is 79.9. The maximum atomic E-state index is 12.3. The molecule has 0 fully saturated rings. The smallest absolute Gasteiger partial charge is 0.344 e. The average molecular weight is 359 g/mol. The third-order valence-corrected chi connectivity index (χ3v) is 3.81. The standard InChI is InChI=1S/C17H11BrO4/c1-21-16(19)14-9-11(18)6-7-12(14)13-8-10-4-2-3-5-15(10)22-17(13)20/h2-9H,1H3. The third-order valence-electron chi connectivity index (χ3n) is 3.32. The minimum Gasteiger partial charge on any atom is -0.465 e. The molecule has 1 heterocycles. The van der Waals surface area contributed by atoms with Gasteiger partial charge in [0.15, 0.2) is 0 Å². The van der Waals surface area contributed by atoms with Gasteiger partial charge in [0.1, 0.15) is 5.58 Å². The van der Waals surface area contributed by atoms with Gasteiger partial charge in [0, 0.05) is 15.4 Å². The molecule has 0 aliphatic heterocycles. The Balaban J connectivity index is 2.30. The van der Waals surface area contributed by atoms with Crippen LogP contribution in [0, 0.1) is 0 Å². The fourth-order valence-electron chi connectivity index (χ4n) is 2.28. The quantitative estimate of drug-likeness (QED) is 0.513. The number of fused-ring (bicyclic) bond motifs is 1. The second kappa shape index (κ2) is 5.77. The summed E-state index contributed by atoms with van der Waals surface area (Å²) in [7, 11) is 1.30. The van der Waals surface area contributed by atoms with Crippen molar-refractivity contribution in [3.63, 3.8) is 0 Å². The van der Waals surface area contributed by atoms with Gasteiger partial charge in [-0.2, -0.15) is 0 Å². The predicted molar refractivity (Wildman–Crippen MR) is 87.0 cm³/mol. The zero-order chi connectivity index (χ0) is 15.7. The van der Waals surface area contributed by atoms with E-state index in [0.29, 0.717) is 22.3 Å². The largest absolute Gasteiger partial charge is 0.465 e. The van der Waals surface area contributed by atoms with Crippen LogP contribution in [0.4, 0.5) is 0 Å². The molecule has 3 aromatic rings. The number of esters is 1. The van der Waals surface area contributed by atoms with E-state index in [1.807, 2.05) is 12.1 Å². The van der Waals surface area contributed by atoms with E-state index >= 15 is 0 Å². The summed E-state index contributed by atoms with van der Waals surface area (Å²) in [4.78, 5) is 24.2. The van der Waals surface area contributed by atoms with Crippen molar-refractivity contribution in [1.82, 2.24) is 0 Å². The van der Waals surface area contributed by atoms with Crippen molar-refractivity contribution >= 4 is 32.9 Å². The Hall–Kier alpha value is -2.40. The van der Waals surface area contributed by atoms with Crippen molar-refractivity contribution in [3.8, 4) is 11.1 Å². The van der Waals surface area contributed by atoms with Crippen LogP contribution in [0.3, 0.4) is 0 Å². The van der Waals surface area contributed by atoms with E-state index in [4.69, 9.17) is 9.15 Å². The first-order chi connectivity index (χ1) is 10.6. The van der Waals surface area contributed by atoms with Crippen molar-refractivity contribution in [2.45, 2.75) is 0 Å². The maximum Gasteiger partial charge on any atom is 0.344 e. The number of hydrogen-bond donors (Lipinski definition) is 0. The summed E-state index contributed by atoms with van der Waals surface area (Å²) in [5.74, 6) is -0.510. The number of methoxy groups -OCH3 is 1. The van der Waals surface area contributed by atoms with Gasteiger partial charge in [-0.1, -0.05) is 40.2 Å². The minimum absolute atomic E-state index is 0.305. The summed E-state index contributed by atoms with van der Waals surface area (Å²) in [5.41, 5.74) is 1.12. The zero-order valence-electron chi connectivity index (χ0n) is 11.6. The van der Waals surface area contributed by atoms with E-state index in [1.165, 1.54) is 7.11 Å². The first-order valence-electron chi connectivity index (χ1n) is 6.51. The summed E-state index contributed by atoms with van der Waals surface area (Å²) in [6.07, 6.45) is 0. The molecular weight excluding hydrogens is 348 g/mol. The van der Waals surface area contributed by atoms with E-state index in [0.717, 1.165) is 9.86 Å². The molecule has 0 spiro atoms. The maximum absolute atomic E-state index is 12.3. The number of carbonyl (C=O) groups is 1. The average Bonchev–Trinajstić information content (AvgIpc) is 2.53. The number of ether oxygens (including phenoxy) is 1. The van der Waals surface area contributed by atoms with Gasteiger partial charge in [-0.15, -0.1) is 0 Å². The molecule has 2 aromatic carbocycles. The number of carbonyl (C=O) groups excluding carboxylic acids is 1. The van der Waals surface area contributed by atoms with Crippen LogP contribution < -0.4 is 5.63 Å². The third kappa shape index (κ3) is 2.55. The Morgan fingerprint density at radius 1 is 1.09 bits per heavy atom. The number of para-hydroxylation sites is 1. The topological polar surface area (TPSA) is 56.5 Å². The minimum atomic E-state index is -0.510. The molecule has 4 nitrogen and oxygen atoms in total. The highest BCUT2D eigenvalue weighted by Gasteiger charge is 2.17. The number of benzene rings is 2. The molecule has 0 bridgehead atoms. The van der Waals surface area contributed by atoms with Gasteiger partial charge in [0.2, 0.25) is 0 Å². The van der Waals surface area contributed by atoms with Crippen LogP contribution >= 0.6 is 15.9 Å². The summed E-state index contributed by atoms with van der Waals surface area (Å²) >= 11 is 3.32. The first kappa shape index (κ1) is 14.5. The molecule has 0 aliphatic rings. The van der Waals surface area contributed by atoms with E-state index in [9.17, 15) is 9.59 Å². The Bertz CT molecular complexity index is 927. The highest BCUT2D eigenvalue weighted by Crippen LogP contribution is 2.27. The molecule has 0 unspecified atom stereocenters. The lowest BCUT2D eigenvalue weighted by Crippen LogP contribution is -2.09. The fraction of sp³-hybridized carbons (Fsp3) is 0.0588. The van der Waals surface area contributed by atoms with E-state index in [2.05, 4.69) is 15.9 Å². The van der Waals surface area contributed by atoms with Crippen molar-refractivity contribution in [1.29, 1.82) is 0 Å². The van der Waals surface area contributed by atoms with Gasteiger partial charge in [0.05, 0.1) is 18.2 Å². The van der Waals surface area contributed by atoms with Gasteiger partial charge in [-0.3, -0.25) is 0 Å². The van der Waals surface area contributed by atoms with Crippen LogP contribution in [0.15, 0.2) is 62.2 Å². The normalized spacial score (nSPS) is 10.6. The predicted octanol–water partition coefficient (Wildman–Crippen LogP) is 4.01. The van der Waals surface area contributed by atoms with E-state index < -0.39 is 11.6 Å². The molecule has 0 N–H and O–H groups in total.